The Balaban J connectivity index is 1.49. The summed E-state index contributed by atoms with van der Waals surface area (Å²) in [4.78, 5) is 15.5. The molecular formula is C24H25NO3S2. The average molecular weight is 440 g/mol. The van der Waals surface area contributed by atoms with Crippen molar-refractivity contribution in [1.82, 2.24) is 4.90 Å². The van der Waals surface area contributed by atoms with Crippen LogP contribution in [-0.4, -0.2) is 28.3 Å². The summed E-state index contributed by atoms with van der Waals surface area (Å²) in [6, 6.07) is 16.0. The van der Waals surface area contributed by atoms with E-state index in [9.17, 15) is 4.79 Å². The highest BCUT2D eigenvalue weighted by Crippen LogP contribution is 2.38. The highest BCUT2D eigenvalue weighted by molar-refractivity contribution is 8.26. The number of amides is 1. The third-order valence-corrected chi connectivity index (χ3v) is 6.82. The lowest BCUT2D eigenvalue weighted by Crippen LogP contribution is -2.39. The zero-order valence-corrected chi connectivity index (χ0v) is 18.6. The number of benzene rings is 2. The maximum atomic E-state index is 13.0. The van der Waals surface area contributed by atoms with E-state index in [1.165, 1.54) is 31.0 Å². The van der Waals surface area contributed by atoms with Gasteiger partial charge in [0.2, 0.25) is 0 Å². The molecule has 0 aromatic heterocycles. The third kappa shape index (κ3) is 4.71. The normalized spacial score (nSPS) is 18.8. The number of thiocarbonyl (C=S) groups is 1. The second-order valence-electron chi connectivity index (χ2n) is 7.53. The van der Waals surface area contributed by atoms with E-state index in [0.29, 0.717) is 27.3 Å². The molecule has 2 aromatic rings. The monoisotopic (exact) mass is 439 g/mol. The van der Waals surface area contributed by atoms with E-state index in [2.05, 4.69) is 0 Å². The van der Waals surface area contributed by atoms with Crippen molar-refractivity contribution in [1.29, 1.82) is 0 Å². The molecule has 2 aromatic carbocycles. The Morgan fingerprint density at radius 1 is 1.10 bits per heavy atom. The summed E-state index contributed by atoms with van der Waals surface area (Å²) in [5.41, 5.74) is 1.98. The molecule has 1 amide bonds. The fraction of sp³-hybridized carbons (Fsp3) is 0.333. The van der Waals surface area contributed by atoms with Gasteiger partial charge < -0.3 is 9.47 Å². The van der Waals surface area contributed by atoms with Crippen LogP contribution in [0, 0.1) is 0 Å². The lowest BCUT2D eigenvalue weighted by Gasteiger charge is -2.29. The standard InChI is InChI=1S/C24H25NO3S2/c1-27-21-14-18(12-13-20(21)28-16-17-8-4-2-5-9-17)15-22-23(26)25(24(29)30-22)19-10-6-3-7-11-19/h2,4-5,8-9,12-15,19H,3,6-7,10-11,16H2,1H3/b22-15+. The molecular weight excluding hydrogens is 414 g/mol. The van der Waals surface area contributed by atoms with Crippen molar-refractivity contribution in [2.75, 3.05) is 7.11 Å². The molecule has 30 heavy (non-hydrogen) atoms. The molecule has 0 radical (unpaired) electrons. The molecule has 0 unspecified atom stereocenters. The van der Waals surface area contributed by atoms with Crippen LogP contribution in [0.5, 0.6) is 11.5 Å². The molecule has 0 N–H and O–H groups in total. The summed E-state index contributed by atoms with van der Waals surface area (Å²) >= 11 is 6.92. The maximum absolute atomic E-state index is 13.0. The third-order valence-electron chi connectivity index (χ3n) is 5.49. The number of rotatable bonds is 6. The summed E-state index contributed by atoms with van der Waals surface area (Å²) in [7, 11) is 1.62. The summed E-state index contributed by atoms with van der Waals surface area (Å²) < 4.78 is 12.1. The lowest BCUT2D eigenvalue weighted by molar-refractivity contribution is -0.124. The van der Waals surface area contributed by atoms with Crippen molar-refractivity contribution < 1.29 is 14.3 Å². The van der Waals surface area contributed by atoms with Crippen LogP contribution in [0.25, 0.3) is 6.08 Å². The molecule has 6 heteroatoms. The molecule has 2 fully saturated rings. The van der Waals surface area contributed by atoms with E-state index >= 15 is 0 Å². The molecule has 1 saturated heterocycles. The Hall–Kier alpha value is -2.31. The zero-order chi connectivity index (χ0) is 20.9. The molecule has 2 aliphatic rings. The van der Waals surface area contributed by atoms with E-state index in [4.69, 9.17) is 21.7 Å². The molecule has 1 saturated carbocycles. The van der Waals surface area contributed by atoms with Gasteiger partial charge in [0.25, 0.3) is 5.91 Å². The highest BCUT2D eigenvalue weighted by Gasteiger charge is 2.37. The first-order valence-corrected chi connectivity index (χ1v) is 11.5. The summed E-state index contributed by atoms with van der Waals surface area (Å²) in [6.07, 6.45) is 7.57. The number of carbonyl (C=O) groups is 1. The largest absolute Gasteiger partial charge is 0.493 e. The molecule has 4 nitrogen and oxygen atoms in total. The van der Waals surface area contributed by atoms with Gasteiger partial charge in [-0.25, -0.2) is 0 Å². The van der Waals surface area contributed by atoms with Gasteiger partial charge in [-0.3, -0.25) is 9.69 Å². The van der Waals surface area contributed by atoms with Gasteiger partial charge in [0, 0.05) is 6.04 Å². The number of ether oxygens (including phenoxy) is 2. The molecule has 1 aliphatic heterocycles. The molecule has 0 bridgehead atoms. The van der Waals surface area contributed by atoms with Crippen molar-refractivity contribution in [3.63, 3.8) is 0 Å². The topological polar surface area (TPSA) is 38.8 Å². The number of carbonyl (C=O) groups excluding carboxylic acids is 1. The molecule has 4 rings (SSSR count). The summed E-state index contributed by atoms with van der Waals surface area (Å²) in [5, 5.41) is 0. The number of hydrogen-bond acceptors (Lipinski definition) is 5. The predicted octanol–water partition coefficient (Wildman–Crippen LogP) is 5.81. The highest BCUT2D eigenvalue weighted by atomic mass is 32.2. The van der Waals surface area contributed by atoms with Crippen molar-refractivity contribution in [2.24, 2.45) is 0 Å². The number of hydrogen-bond donors (Lipinski definition) is 0. The number of nitrogens with zero attached hydrogens (tertiary/aromatic N) is 1. The van der Waals surface area contributed by atoms with Gasteiger partial charge in [-0.05, 0) is 42.2 Å². The minimum atomic E-state index is 0.0280. The first-order chi connectivity index (χ1) is 14.7. The Bertz CT molecular complexity index is 952. The van der Waals surface area contributed by atoms with Gasteiger partial charge in [-0.1, -0.05) is 79.6 Å². The van der Waals surface area contributed by atoms with Crippen LogP contribution in [-0.2, 0) is 11.4 Å². The Kier molecular flexibility index (Phi) is 6.75. The van der Waals surface area contributed by atoms with Gasteiger partial charge in [-0.15, -0.1) is 0 Å². The quantitative estimate of drug-likeness (QED) is 0.420. The van der Waals surface area contributed by atoms with E-state index in [1.54, 1.807) is 7.11 Å². The van der Waals surface area contributed by atoms with E-state index < -0.39 is 0 Å². The Labute approximate surface area is 187 Å². The predicted molar refractivity (Wildman–Crippen MR) is 126 cm³/mol. The van der Waals surface area contributed by atoms with Gasteiger partial charge in [0.1, 0.15) is 10.9 Å². The SMILES string of the molecule is COc1cc(/C=C2/SC(=S)N(C3CCCCC3)C2=O)ccc1OCc1ccccc1. The van der Waals surface area contributed by atoms with Crippen LogP contribution in [0.2, 0.25) is 0 Å². The van der Waals surface area contributed by atoms with Crippen LogP contribution in [0.15, 0.2) is 53.4 Å². The van der Waals surface area contributed by atoms with Crippen LogP contribution in [0.4, 0.5) is 0 Å². The molecule has 0 atom stereocenters. The van der Waals surface area contributed by atoms with Crippen molar-refractivity contribution >= 4 is 40.3 Å². The van der Waals surface area contributed by atoms with Gasteiger partial charge in [0.15, 0.2) is 11.5 Å². The van der Waals surface area contributed by atoms with Crippen molar-refractivity contribution in [3.05, 3.63) is 64.6 Å². The number of methoxy groups -OCH3 is 1. The first-order valence-electron chi connectivity index (χ1n) is 10.3. The Morgan fingerprint density at radius 3 is 2.60 bits per heavy atom. The second-order valence-corrected chi connectivity index (χ2v) is 9.20. The van der Waals surface area contributed by atoms with Crippen LogP contribution in [0.1, 0.15) is 43.2 Å². The van der Waals surface area contributed by atoms with Crippen molar-refractivity contribution in [3.8, 4) is 11.5 Å². The fourth-order valence-electron chi connectivity index (χ4n) is 3.91. The number of thioether (sulfide) groups is 1. The fourth-order valence-corrected chi connectivity index (χ4v) is 5.31. The lowest BCUT2D eigenvalue weighted by atomic mass is 9.94. The minimum absolute atomic E-state index is 0.0280. The minimum Gasteiger partial charge on any atom is -0.493 e. The smallest absolute Gasteiger partial charge is 0.266 e. The molecule has 156 valence electrons. The first kappa shape index (κ1) is 20.9. The average Bonchev–Trinajstić information content (AvgIpc) is 3.06. The molecule has 1 aliphatic carbocycles. The van der Waals surface area contributed by atoms with Gasteiger partial charge in [0.05, 0.1) is 12.0 Å². The van der Waals surface area contributed by atoms with E-state index in [-0.39, 0.29) is 11.9 Å². The zero-order valence-electron chi connectivity index (χ0n) is 17.0. The second kappa shape index (κ2) is 9.67. The van der Waals surface area contributed by atoms with Gasteiger partial charge >= 0.3 is 0 Å². The Morgan fingerprint density at radius 2 is 1.87 bits per heavy atom. The molecule has 1 heterocycles. The molecule has 0 spiro atoms. The van der Waals surface area contributed by atoms with Crippen molar-refractivity contribution in [2.45, 2.75) is 44.8 Å². The maximum Gasteiger partial charge on any atom is 0.266 e. The summed E-state index contributed by atoms with van der Waals surface area (Å²) in [5.74, 6) is 1.34. The van der Waals surface area contributed by atoms with Crippen LogP contribution in [0.3, 0.4) is 0 Å². The van der Waals surface area contributed by atoms with Gasteiger partial charge in [-0.2, -0.15) is 0 Å². The van der Waals surface area contributed by atoms with E-state index in [0.717, 1.165) is 24.0 Å². The van der Waals surface area contributed by atoms with E-state index in [1.807, 2.05) is 59.5 Å². The van der Waals surface area contributed by atoms with Crippen LogP contribution < -0.4 is 9.47 Å². The summed E-state index contributed by atoms with van der Waals surface area (Å²) in [6.45, 7) is 0.469. The van der Waals surface area contributed by atoms with Crippen LogP contribution >= 0.6 is 24.0 Å².